The highest BCUT2D eigenvalue weighted by molar-refractivity contribution is 5.08. The van der Waals surface area contributed by atoms with Crippen molar-refractivity contribution in [2.75, 3.05) is 0 Å². The summed E-state index contributed by atoms with van der Waals surface area (Å²) in [5, 5.41) is 0. The van der Waals surface area contributed by atoms with Crippen LogP contribution in [0.15, 0.2) is 0 Å². The second-order valence-corrected chi connectivity index (χ2v) is 6.72. The van der Waals surface area contributed by atoms with Crippen molar-refractivity contribution in [3.63, 3.8) is 0 Å². The second-order valence-electron chi connectivity index (χ2n) is 6.72. The lowest BCUT2D eigenvalue weighted by Gasteiger charge is -2.45. The van der Waals surface area contributed by atoms with Crippen molar-refractivity contribution < 1.29 is 124 Å². The summed E-state index contributed by atoms with van der Waals surface area (Å²) in [6, 6.07) is 0. The van der Waals surface area contributed by atoms with Crippen LogP contribution in [-0.2, 0) is 9.47 Å². The standard InChI is InChI=1S/C12F26O2/c13-1(14,7(23,24)25)2(15,16)11(35,36)39-5(21,9(29,30)31)3(17,18)6(22,10(32,33)34)40-12(37,38)4(19,20)8(26,27)28. The van der Waals surface area contributed by atoms with Gasteiger partial charge in [-0.15, -0.1) is 0 Å². The second kappa shape index (κ2) is 9.30. The first-order valence-corrected chi connectivity index (χ1v) is 7.98. The molecule has 0 heterocycles. The van der Waals surface area contributed by atoms with Gasteiger partial charge < -0.3 is 0 Å². The maximum atomic E-state index is 14.0. The zero-order chi connectivity index (χ0) is 33.4. The molecule has 0 aliphatic carbocycles. The fourth-order valence-corrected chi connectivity index (χ4v) is 1.81. The van der Waals surface area contributed by atoms with Crippen LogP contribution in [0.2, 0.25) is 0 Å². The Morgan fingerprint density at radius 3 is 0.650 bits per heavy atom. The van der Waals surface area contributed by atoms with Crippen LogP contribution in [0.25, 0.3) is 0 Å². The molecule has 0 aliphatic heterocycles. The fourth-order valence-electron chi connectivity index (χ4n) is 1.81. The zero-order valence-electron chi connectivity index (χ0n) is 16.6. The summed E-state index contributed by atoms with van der Waals surface area (Å²) in [6.07, 6.45) is -51.1. The molecule has 40 heavy (non-hydrogen) atoms. The van der Waals surface area contributed by atoms with Crippen molar-refractivity contribution in [3.8, 4) is 0 Å². The Morgan fingerprint density at radius 2 is 0.450 bits per heavy atom. The van der Waals surface area contributed by atoms with Gasteiger partial charge in [0.25, 0.3) is 0 Å². The van der Waals surface area contributed by atoms with E-state index in [1.807, 2.05) is 0 Å². The molecular formula is C12F26O2. The van der Waals surface area contributed by atoms with E-state index in [2.05, 4.69) is 0 Å². The van der Waals surface area contributed by atoms with Gasteiger partial charge in [-0.2, -0.15) is 114 Å². The Balaban J connectivity index is 7.51. The maximum absolute atomic E-state index is 14.0. The highest BCUT2D eigenvalue weighted by Crippen LogP contribution is 2.63. The van der Waals surface area contributed by atoms with Crippen LogP contribution in [-0.4, -0.2) is 72.3 Å². The van der Waals surface area contributed by atoms with E-state index < -0.39 is 72.3 Å². The Hall–Kier alpha value is -1.90. The summed E-state index contributed by atoms with van der Waals surface area (Å²) in [4.78, 5) is 0. The normalized spacial score (nSPS) is 19.4. The number of halogens is 26. The van der Waals surface area contributed by atoms with E-state index in [1.54, 1.807) is 0 Å². The molecule has 0 fully saturated rings. The van der Waals surface area contributed by atoms with Crippen LogP contribution in [0, 0.1) is 0 Å². The van der Waals surface area contributed by atoms with Gasteiger partial charge >= 0.3 is 72.3 Å². The van der Waals surface area contributed by atoms with Crippen molar-refractivity contribution in [3.05, 3.63) is 0 Å². The zero-order valence-corrected chi connectivity index (χ0v) is 16.6. The molecule has 0 amide bonds. The smallest absolute Gasteiger partial charge is 0.264 e. The molecule has 2 atom stereocenters. The predicted octanol–water partition coefficient (Wildman–Crippen LogP) is 8.33. The van der Waals surface area contributed by atoms with Crippen LogP contribution in [0.5, 0.6) is 0 Å². The minimum absolute atomic E-state index is 0.730. The SMILES string of the molecule is FC(F)(F)C(F)(F)C(F)(F)OC(F)(C(F)(F)F)C(F)(F)C(F)(OC(F)(F)C(F)(F)C(F)(F)C(F)(F)F)C(F)(F)F. The average Bonchev–Trinajstić information content (AvgIpc) is 2.62. The molecule has 242 valence electrons. The van der Waals surface area contributed by atoms with E-state index in [0.29, 0.717) is 0 Å². The van der Waals surface area contributed by atoms with E-state index in [9.17, 15) is 114 Å². The van der Waals surface area contributed by atoms with E-state index in [1.165, 1.54) is 0 Å². The number of hydrogen-bond acceptors (Lipinski definition) is 2. The van der Waals surface area contributed by atoms with Gasteiger partial charge in [-0.3, -0.25) is 9.47 Å². The van der Waals surface area contributed by atoms with Gasteiger partial charge in [0.15, 0.2) is 0 Å². The summed E-state index contributed by atoms with van der Waals surface area (Å²) >= 11 is 0. The first-order valence-electron chi connectivity index (χ1n) is 7.98. The molecular weight excluding hydrogens is 670 g/mol. The summed E-state index contributed by atoms with van der Waals surface area (Å²) in [5.41, 5.74) is 0. The Morgan fingerprint density at radius 1 is 0.225 bits per heavy atom. The number of hydrogen-bond donors (Lipinski definition) is 0. The monoisotopic (exact) mass is 670 g/mol. The van der Waals surface area contributed by atoms with E-state index >= 15 is 0 Å². The minimum Gasteiger partial charge on any atom is -0.264 e. The number of rotatable bonds is 9. The molecule has 0 saturated heterocycles. The largest absolute Gasteiger partial charge is 0.462 e. The predicted molar refractivity (Wildman–Crippen MR) is 63.7 cm³/mol. The van der Waals surface area contributed by atoms with Crippen molar-refractivity contribution in [2.45, 2.75) is 72.3 Å². The van der Waals surface area contributed by atoms with E-state index in [0.717, 1.165) is 9.47 Å². The van der Waals surface area contributed by atoms with E-state index in [4.69, 9.17) is 0 Å². The molecule has 0 saturated carbocycles. The Labute approximate surface area is 197 Å². The topological polar surface area (TPSA) is 18.5 Å². The van der Waals surface area contributed by atoms with Crippen LogP contribution in [0.4, 0.5) is 114 Å². The molecule has 0 rings (SSSR count). The van der Waals surface area contributed by atoms with Crippen LogP contribution >= 0.6 is 0 Å². The van der Waals surface area contributed by atoms with Gasteiger partial charge in [0.05, 0.1) is 0 Å². The van der Waals surface area contributed by atoms with Crippen molar-refractivity contribution in [1.82, 2.24) is 0 Å². The summed E-state index contributed by atoms with van der Waals surface area (Å²) in [7, 11) is 0. The van der Waals surface area contributed by atoms with Crippen molar-refractivity contribution >= 4 is 0 Å². The summed E-state index contributed by atoms with van der Waals surface area (Å²) < 4.78 is 335. The molecule has 2 unspecified atom stereocenters. The first-order chi connectivity index (χ1) is 16.7. The van der Waals surface area contributed by atoms with Gasteiger partial charge in [0.1, 0.15) is 0 Å². The number of alkyl halides is 26. The van der Waals surface area contributed by atoms with Gasteiger partial charge in [-0.25, -0.2) is 0 Å². The van der Waals surface area contributed by atoms with Crippen molar-refractivity contribution in [1.29, 1.82) is 0 Å². The van der Waals surface area contributed by atoms with Gasteiger partial charge in [0.2, 0.25) is 0 Å². The first kappa shape index (κ1) is 38.1. The van der Waals surface area contributed by atoms with E-state index in [-0.39, 0.29) is 0 Å². The highest BCUT2D eigenvalue weighted by Gasteiger charge is 2.94. The lowest BCUT2D eigenvalue weighted by molar-refractivity contribution is -0.562. The average molecular weight is 670 g/mol. The molecule has 0 spiro atoms. The molecule has 0 radical (unpaired) electrons. The molecule has 0 aromatic carbocycles. The molecule has 0 aliphatic rings. The van der Waals surface area contributed by atoms with Gasteiger partial charge in [-0.1, -0.05) is 0 Å². The minimum atomic E-state index is -9.49. The molecule has 0 bridgehead atoms. The highest BCUT2D eigenvalue weighted by atomic mass is 19.4. The summed E-state index contributed by atoms with van der Waals surface area (Å²) in [6.45, 7) is 0. The molecule has 0 aromatic heterocycles. The maximum Gasteiger partial charge on any atom is 0.462 e. The van der Waals surface area contributed by atoms with Crippen LogP contribution in [0.1, 0.15) is 0 Å². The third-order valence-electron chi connectivity index (χ3n) is 3.91. The lowest BCUT2D eigenvalue weighted by Crippen LogP contribution is -2.75. The van der Waals surface area contributed by atoms with Gasteiger partial charge in [0, 0.05) is 0 Å². The molecule has 0 N–H and O–H groups in total. The Kier molecular flexibility index (Phi) is 8.86. The molecule has 2 nitrogen and oxygen atoms in total. The molecule has 28 heteroatoms. The third kappa shape index (κ3) is 5.36. The summed E-state index contributed by atoms with van der Waals surface area (Å²) in [5.74, 6) is -53.7. The van der Waals surface area contributed by atoms with Gasteiger partial charge in [-0.05, 0) is 0 Å². The quantitative estimate of drug-likeness (QED) is 0.230. The third-order valence-corrected chi connectivity index (χ3v) is 3.91. The molecule has 0 aromatic rings. The fraction of sp³-hybridized carbons (Fsp3) is 1.00. The Bertz CT molecular complexity index is 903. The van der Waals surface area contributed by atoms with Crippen LogP contribution < -0.4 is 0 Å². The van der Waals surface area contributed by atoms with Crippen LogP contribution in [0.3, 0.4) is 0 Å². The lowest BCUT2D eigenvalue weighted by atomic mass is 9.99. The number of ether oxygens (including phenoxy) is 2. The van der Waals surface area contributed by atoms with Crippen molar-refractivity contribution in [2.24, 2.45) is 0 Å².